The average Bonchev–Trinajstić information content (AvgIpc) is 2.32. The van der Waals surface area contributed by atoms with Gasteiger partial charge >= 0.3 is 51.4 Å². The number of hydrogen-bond donors (Lipinski definition) is 0. The van der Waals surface area contributed by atoms with Crippen LogP contribution in [0.1, 0.15) is 50.1 Å². The largest absolute Gasteiger partial charge is 1.00 e. The van der Waals surface area contributed by atoms with Gasteiger partial charge in [0.2, 0.25) is 0 Å². The first kappa shape index (κ1) is 13.3. The van der Waals surface area contributed by atoms with E-state index in [1.165, 1.54) is 10.6 Å². The second-order valence-electron chi connectivity index (χ2n) is 3.36. The SMILES string of the molecule is CC(C)c1n[c-]sc1C(C)C.[K+]. The first-order valence-electron chi connectivity index (χ1n) is 3.99. The minimum absolute atomic E-state index is 0. The van der Waals surface area contributed by atoms with Crippen molar-refractivity contribution in [2.75, 3.05) is 0 Å². The molecule has 62 valence electrons. The molecule has 0 atom stereocenters. The van der Waals surface area contributed by atoms with Crippen molar-refractivity contribution < 1.29 is 51.4 Å². The topological polar surface area (TPSA) is 12.9 Å². The van der Waals surface area contributed by atoms with E-state index in [4.69, 9.17) is 0 Å². The van der Waals surface area contributed by atoms with Gasteiger partial charge in [0.05, 0.1) is 0 Å². The van der Waals surface area contributed by atoms with Gasteiger partial charge in [-0.1, -0.05) is 45.2 Å². The molecule has 0 bridgehead atoms. The van der Waals surface area contributed by atoms with E-state index in [1.807, 2.05) is 0 Å². The summed E-state index contributed by atoms with van der Waals surface area (Å²) in [7, 11) is 0. The molecular weight excluding hydrogens is 193 g/mol. The molecule has 1 heterocycles. The molecule has 12 heavy (non-hydrogen) atoms. The Balaban J connectivity index is 0.00000121. The third-order valence-corrected chi connectivity index (χ3v) is 2.73. The molecule has 1 nitrogen and oxygen atoms in total. The fourth-order valence-electron chi connectivity index (χ4n) is 1.06. The standard InChI is InChI=1S/C9H14NS.K/c1-6(2)8-9(7(3)4)11-5-10-8;/h6-7H,1-4H3;/q-1;+1. The van der Waals surface area contributed by atoms with E-state index >= 15 is 0 Å². The van der Waals surface area contributed by atoms with E-state index in [0.717, 1.165) is 0 Å². The molecule has 0 amide bonds. The van der Waals surface area contributed by atoms with E-state index in [2.05, 4.69) is 38.2 Å². The van der Waals surface area contributed by atoms with Gasteiger partial charge in [0, 0.05) is 0 Å². The quantitative estimate of drug-likeness (QED) is 0.498. The van der Waals surface area contributed by atoms with Crippen LogP contribution in [0.2, 0.25) is 0 Å². The average molecular weight is 207 g/mol. The maximum Gasteiger partial charge on any atom is 1.00 e. The number of rotatable bonds is 2. The van der Waals surface area contributed by atoms with Crippen molar-refractivity contribution in [3.63, 3.8) is 0 Å². The molecule has 0 N–H and O–H groups in total. The van der Waals surface area contributed by atoms with Crippen LogP contribution in [0.25, 0.3) is 0 Å². The summed E-state index contributed by atoms with van der Waals surface area (Å²) in [6.07, 6.45) is 0. The number of thiazole rings is 1. The third-order valence-electron chi connectivity index (χ3n) is 1.65. The van der Waals surface area contributed by atoms with Crippen LogP contribution in [0.3, 0.4) is 0 Å². The molecule has 0 saturated carbocycles. The maximum absolute atomic E-state index is 4.23. The second kappa shape index (κ2) is 5.88. The van der Waals surface area contributed by atoms with Crippen LogP contribution >= 0.6 is 11.3 Å². The Bertz CT molecular complexity index is 208. The van der Waals surface area contributed by atoms with Gasteiger partial charge in [-0.05, 0) is 5.51 Å². The summed E-state index contributed by atoms with van der Waals surface area (Å²) in [4.78, 5) is 5.62. The van der Waals surface area contributed by atoms with Gasteiger partial charge in [-0.15, -0.1) is 4.88 Å². The molecule has 0 spiro atoms. The summed E-state index contributed by atoms with van der Waals surface area (Å²) in [5.41, 5.74) is 4.18. The Morgan fingerprint density at radius 3 is 2.08 bits per heavy atom. The van der Waals surface area contributed by atoms with Crippen LogP contribution in [0, 0.1) is 5.51 Å². The summed E-state index contributed by atoms with van der Waals surface area (Å²) in [5, 5.41) is 0. The van der Waals surface area contributed by atoms with Crippen molar-refractivity contribution in [3.8, 4) is 0 Å². The second-order valence-corrected chi connectivity index (χ2v) is 4.19. The molecule has 3 heteroatoms. The summed E-state index contributed by atoms with van der Waals surface area (Å²) in [5.74, 6) is 1.13. The molecule has 0 aliphatic rings. The van der Waals surface area contributed by atoms with E-state index in [-0.39, 0.29) is 51.4 Å². The minimum Gasteiger partial charge on any atom is -0.390 e. The van der Waals surface area contributed by atoms with Crippen LogP contribution in [0.15, 0.2) is 0 Å². The Kier molecular flexibility index (Phi) is 6.51. The van der Waals surface area contributed by atoms with Crippen LogP contribution < -0.4 is 51.4 Å². The Labute approximate surface area is 121 Å². The van der Waals surface area contributed by atoms with Crippen LogP contribution in [-0.2, 0) is 0 Å². The van der Waals surface area contributed by atoms with E-state index in [0.29, 0.717) is 11.8 Å². The van der Waals surface area contributed by atoms with Crippen LogP contribution in [-0.4, -0.2) is 4.98 Å². The van der Waals surface area contributed by atoms with E-state index in [9.17, 15) is 0 Å². The Hall–Kier alpha value is 1.27. The monoisotopic (exact) mass is 207 g/mol. The zero-order valence-electron chi connectivity index (χ0n) is 8.51. The van der Waals surface area contributed by atoms with Crippen molar-refractivity contribution in [3.05, 3.63) is 16.1 Å². The van der Waals surface area contributed by atoms with Gasteiger partial charge in [0.1, 0.15) is 0 Å². The summed E-state index contributed by atoms with van der Waals surface area (Å²) < 4.78 is 0. The zero-order valence-corrected chi connectivity index (χ0v) is 12.4. The molecule has 1 aromatic heterocycles. The molecule has 0 unspecified atom stereocenters. The number of aromatic nitrogens is 1. The van der Waals surface area contributed by atoms with Gasteiger partial charge < -0.3 is 4.98 Å². The van der Waals surface area contributed by atoms with Crippen molar-refractivity contribution in [1.82, 2.24) is 4.98 Å². The molecule has 0 aliphatic heterocycles. The predicted molar refractivity (Wildman–Crippen MR) is 49.1 cm³/mol. The first-order chi connectivity index (χ1) is 5.13. The van der Waals surface area contributed by atoms with Crippen molar-refractivity contribution in [2.45, 2.75) is 39.5 Å². The molecule has 0 radical (unpaired) electrons. The van der Waals surface area contributed by atoms with Gasteiger partial charge in [0.15, 0.2) is 0 Å². The molecule has 1 aromatic rings. The Morgan fingerprint density at radius 1 is 1.17 bits per heavy atom. The molecule has 0 aromatic carbocycles. The summed E-state index contributed by atoms with van der Waals surface area (Å²) in [6.45, 7) is 8.75. The molecular formula is C9H14KNS. The smallest absolute Gasteiger partial charge is 0.390 e. The minimum atomic E-state index is 0. The van der Waals surface area contributed by atoms with E-state index in [1.54, 1.807) is 11.3 Å². The summed E-state index contributed by atoms with van der Waals surface area (Å²) >= 11 is 1.65. The van der Waals surface area contributed by atoms with Gasteiger partial charge in [-0.3, -0.25) is 11.3 Å². The third kappa shape index (κ3) is 3.20. The predicted octanol–water partition coefficient (Wildman–Crippen LogP) is 0.194. The maximum atomic E-state index is 4.23. The normalized spacial score (nSPS) is 10.5. The van der Waals surface area contributed by atoms with Crippen molar-refractivity contribution in [1.29, 1.82) is 0 Å². The van der Waals surface area contributed by atoms with Crippen LogP contribution in [0.5, 0.6) is 0 Å². The van der Waals surface area contributed by atoms with Gasteiger partial charge in [-0.2, -0.15) is 0 Å². The van der Waals surface area contributed by atoms with Gasteiger partial charge in [0.25, 0.3) is 0 Å². The Morgan fingerprint density at radius 2 is 1.75 bits per heavy atom. The first-order valence-corrected chi connectivity index (χ1v) is 4.81. The molecule has 0 saturated heterocycles. The van der Waals surface area contributed by atoms with E-state index < -0.39 is 0 Å². The van der Waals surface area contributed by atoms with Crippen molar-refractivity contribution in [2.24, 2.45) is 0 Å². The van der Waals surface area contributed by atoms with Gasteiger partial charge in [-0.25, -0.2) is 0 Å². The molecule has 1 rings (SSSR count). The number of hydrogen-bond acceptors (Lipinski definition) is 2. The summed E-state index contributed by atoms with van der Waals surface area (Å²) in [6, 6.07) is 0. The number of nitrogens with zero attached hydrogens (tertiary/aromatic N) is 1. The zero-order chi connectivity index (χ0) is 8.43. The molecule has 0 aliphatic carbocycles. The molecule has 0 fully saturated rings. The van der Waals surface area contributed by atoms with Crippen molar-refractivity contribution >= 4 is 11.3 Å². The van der Waals surface area contributed by atoms with Crippen LogP contribution in [0.4, 0.5) is 0 Å². The fraction of sp³-hybridized carbons (Fsp3) is 0.667. The fourth-order valence-corrected chi connectivity index (χ4v) is 1.92.